The number of anilines is 1. The van der Waals surface area contributed by atoms with Gasteiger partial charge in [-0.05, 0) is 23.3 Å². The van der Waals surface area contributed by atoms with Crippen LogP contribution < -0.4 is 4.90 Å². The molecule has 156 valence electrons. The smallest absolute Gasteiger partial charge is 0.295 e. The van der Waals surface area contributed by atoms with Crippen LogP contribution in [0.2, 0.25) is 0 Å². The average molecular weight is 412 g/mol. The van der Waals surface area contributed by atoms with Crippen molar-refractivity contribution in [1.82, 2.24) is 4.90 Å². The van der Waals surface area contributed by atoms with Crippen molar-refractivity contribution in [2.24, 2.45) is 0 Å². The van der Waals surface area contributed by atoms with Crippen molar-refractivity contribution in [3.8, 4) is 0 Å². The molecular weight excluding hydrogens is 388 g/mol. The molecule has 1 aliphatic heterocycles. The van der Waals surface area contributed by atoms with Crippen molar-refractivity contribution in [2.75, 3.05) is 19.0 Å². The third-order valence-corrected chi connectivity index (χ3v) is 5.51. The van der Waals surface area contributed by atoms with E-state index in [1.807, 2.05) is 79.7 Å². The number of hydrogen-bond donors (Lipinski definition) is 1. The Hall–Kier alpha value is -3.86. The largest absolute Gasteiger partial charge is 0.507 e. The molecule has 1 fully saturated rings. The molecule has 0 spiro atoms. The van der Waals surface area contributed by atoms with Gasteiger partial charge in [0.05, 0.1) is 11.6 Å². The number of carbonyl (C=O) groups is 2. The topological polar surface area (TPSA) is 60.9 Å². The number of benzene rings is 3. The van der Waals surface area contributed by atoms with Crippen LogP contribution in [0.25, 0.3) is 5.76 Å². The van der Waals surface area contributed by atoms with E-state index < -0.39 is 17.7 Å². The first kappa shape index (κ1) is 20.4. The van der Waals surface area contributed by atoms with Gasteiger partial charge in [-0.1, -0.05) is 72.8 Å². The van der Waals surface area contributed by atoms with Gasteiger partial charge >= 0.3 is 0 Å². The normalized spacial score (nSPS) is 17.7. The molecule has 1 saturated heterocycles. The summed E-state index contributed by atoms with van der Waals surface area (Å²) in [4.78, 5) is 29.6. The van der Waals surface area contributed by atoms with Crippen LogP contribution in [-0.2, 0) is 16.1 Å². The van der Waals surface area contributed by atoms with Gasteiger partial charge in [0.1, 0.15) is 5.76 Å². The molecule has 4 rings (SSSR count). The lowest BCUT2D eigenvalue weighted by molar-refractivity contribution is -0.140. The molecule has 3 aromatic carbocycles. The first-order chi connectivity index (χ1) is 15.0. The minimum atomic E-state index is -0.670. The predicted molar refractivity (Wildman–Crippen MR) is 121 cm³/mol. The highest BCUT2D eigenvalue weighted by molar-refractivity contribution is 6.46. The molecule has 0 saturated carbocycles. The molecule has 3 aromatic rings. The molecule has 31 heavy (non-hydrogen) atoms. The van der Waals surface area contributed by atoms with Gasteiger partial charge in [-0.15, -0.1) is 0 Å². The van der Waals surface area contributed by atoms with Crippen LogP contribution >= 0.6 is 0 Å². The fourth-order valence-corrected chi connectivity index (χ4v) is 3.88. The quantitative estimate of drug-likeness (QED) is 0.384. The number of nitrogens with zero attached hydrogens (tertiary/aromatic N) is 2. The number of likely N-dealkylation sites (tertiary alicyclic amines) is 1. The van der Waals surface area contributed by atoms with Crippen LogP contribution in [-0.4, -0.2) is 35.8 Å². The second-order valence-electron chi connectivity index (χ2n) is 7.76. The zero-order valence-corrected chi connectivity index (χ0v) is 17.5. The number of ketones is 1. The van der Waals surface area contributed by atoms with Gasteiger partial charge < -0.3 is 14.9 Å². The fourth-order valence-electron chi connectivity index (χ4n) is 3.88. The van der Waals surface area contributed by atoms with E-state index in [9.17, 15) is 14.7 Å². The number of hydrogen-bond acceptors (Lipinski definition) is 4. The maximum Gasteiger partial charge on any atom is 0.295 e. The zero-order chi connectivity index (χ0) is 22.0. The second-order valence-corrected chi connectivity index (χ2v) is 7.76. The summed E-state index contributed by atoms with van der Waals surface area (Å²) in [6, 6.07) is 25.4. The highest BCUT2D eigenvalue weighted by Gasteiger charge is 2.46. The van der Waals surface area contributed by atoms with Gasteiger partial charge in [0.15, 0.2) is 0 Å². The van der Waals surface area contributed by atoms with Crippen molar-refractivity contribution in [1.29, 1.82) is 0 Å². The van der Waals surface area contributed by atoms with E-state index in [4.69, 9.17) is 0 Å². The summed E-state index contributed by atoms with van der Waals surface area (Å²) >= 11 is 0. The molecule has 0 bridgehead atoms. The molecule has 0 radical (unpaired) electrons. The standard InChI is InChI=1S/C26H24N2O3/c1-27(2)21-15-13-19(14-16-21)23-22(24(29)20-11-7-4-8-12-20)25(30)26(31)28(23)17-18-9-5-3-6-10-18/h3-16,23,29H,17H2,1-2H3. The Bertz CT molecular complexity index is 1120. The summed E-state index contributed by atoms with van der Waals surface area (Å²) < 4.78 is 0. The molecule has 0 aromatic heterocycles. The summed E-state index contributed by atoms with van der Waals surface area (Å²) in [7, 11) is 3.90. The monoisotopic (exact) mass is 412 g/mol. The predicted octanol–water partition coefficient (Wildman–Crippen LogP) is 4.37. The Morgan fingerprint density at radius 2 is 1.45 bits per heavy atom. The number of Topliss-reactive ketones (excluding diaryl/α,β-unsaturated/α-hetero) is 1. The molecule has 1 unspecified atom stereocenters. The summed E-state index contributed by atoms with van der Waals surface area (Å²) in [6.07, 6.45) is 0. The Balaban J connectivity index is 1.84. The van der Waals surface area contributed by atoms with Crippen LogP contribution in [0.5, 0.6) is 0 Å². The van der Waals surface area contributed by atoms with E-state index in [-0.39, 0.29) is 17.9 Å². The van der Waals surface area contributed by atoms with Crippen molar-refractivity contribution in [3.05, 3.63) is 107 Å². The first-order valence-corrected chi connectivity index (χ1v) is 10.1. The first-order valence-electron chi connectivity index (χ1n) is 10.1. The van der Waals surface area contributed by atoms with Gasteiger partial charge in [-0.25, -0.2) is 0 Å². The molecule has 1 N–H and O–H groups in total. The third-order valence-electron chi connectivity index (χ3n) is 5.51. The lowest BCUT2D eigenvalue weighted by Crippen LogP contribution is -2.29. The number of aliphatic hydroxyl groups excluding tert-OH is 1. The lowest BCUT2D eigenvalue weighted by atomic mass is 9.95. The van der Waals surface area contributed by atoms with Gasteiger partial charge in [-0.2, -0.15) is 0 Å². The second kappa shape index (κ2) is 8.48. The van der Waals surface area contributed by atoms with Crippen LogP contribution in [0.4, 0.5) is 5.69 Å². The lowest BCUT2D eigenvalue weighted by Gasteiger charge is -2.26. The van der Waals surface area contributed by atoms with E-state index in [0.29, 0.717) is 5.56 Å². The minimum Gasteiger partial charge on any atom is -0.507 e. The van der Waals surface area contributed by atoms with Crippen LogP contribution in [0.3, 0.4) is 0 Å². The van der Waals surface area contributed by atoms with E-state index in [1.165, 1.54) is 4.90 Å². The summed E-state index contributed by atoms with van der Waals surface area (Å²) in [5.74, 6) is -1.43. The number of amides is 1. The van der Waals surface area contributed by atoms with Crippen LogP contribution in [0.15, 0.2) is 90.5 Å². The zero-order valence-electron chi connectivity index (χ0n) is 17.5. The highest BCUT2D eigenvalue weighted by Crippen LogP contribution is 2.40. The molecule has 1 aliphatic rings. The van der Waals surface area contributed by atoms with E-state index >= 15 is 0 Å². The van der Waals surface area contributed by atoms with Crippen LogP contribution in [0.1, 0.15) is 22.7 Å². The summed E-state index contributed by atoms with van der Waals surface area (Å²) in [6.45, 7) is 0.275. The van der Waals surface area contributed by atoms with Crippen LogP contribution in [0, 0.1) is 0 Å². The van der Waals surface area contributed by atoms with Gasteiger partial charge in [0.25, 0.3) is 11.7 Å². The van der Waals surface area contributed by atoms with E-state index in [0.717, 1.165) is 16.8 Å². The van der Waals surface area contributed by atoms with E-state index in [1.54, 1.807) is 24.3 Å². The Morgan fingerprint density at radius 3 is 2.03 bits per heavy atom. The SMILES string of the molecule is CN(C)c1ccc(C2C(=C(O)c3ccccc3)C(=O)C(=O)N2Cc2ccccc2)cc1. The maximum absolute atomic E-state index is 13.1. The fraction of sp³-hybridized carbons (Fsp3) is 0.154. The molecule has 5 nitrogen and oxygen atoms in total. The third kappa shape index (κ3) is 3.94. The van der Waals surface area contributed by atoms with Gasteiger partial charge in [0, 0.05) is 31.9 Å². The number of rotatable bonds is 5. The highest BCUT2D eigenvalue weighted by atomic mass is 16.3. The summed E-state index contributed by atoms with van der Waals surface area (Å²) in [5, 5.41) is 11.0. The van der Waals surface area contributed by atoms with Crippen molar-refractivity contribution in [2.45, 2.75) is 12.6 Å². The van der Waals surface area contributed by atoms with Crippen molar-refractivity contribution < 1.29 is 14.7 Å². The Morgan fingerprint density at radius 1 is 0.871 bits per heavy atom. The van der Waals surface area contributed by atoms with Gasteiger partial charge in [0.2, 0.25) is 0 Å². The maximum atomic E-state index is 13.1. The molecule has 1 amide bonds. The minimum absolute atomic E-state index is 0.115. The molecule has 5 heteroatoms. The van der Waals surface area contributed by atoms with Crippen molar-refractivity contribution in [3.63, 3.8) is 0 Å². The average Bonchev–Trinajstić information content (AvgIpc) is 3.05. The van der Waals surface area contributed by atoms with Crippen molar-refractivity contribution >= 4 is 23.1 Å². The molecule has 1 atom stereocenters. The van der Waals surface area contributed by atoms with Gasteiger partial charge in [-0.3, -0.25) is 9.59 Å². The number of carbonyl (C=O) groups excluding carboxylic acids is 2. The summed E-state index contributed by atoms with van der Waals surface area (Å²) in [5.41, 5.74) is 3.32. The van der Waals surface area contributed by atoms with E-state index in [2.05, 4.69) is 0 Å². The Kier molecular flexibility index (Phi) is 5.58. The molecule has 0 aliphatic carbocycles. The Labute approximate surface area is 181 Å². The molecular formula is C26H24N2O3. The molecule has 1 heterocycles. The number of aliphatic hydroxyl groups is 1.